The third-order valence-corrected chi connectivity index (χ3v) is 5.10. The molecule has 3 aromatic rings. The maximum absolute atomic E-state index is 9.88. The Kier molecular flexibility index (Phi) is 4.57. The summed E-state index contributed by atoms with van der Waals surface area (Å²) in [4.78, 5) is 5.70. The number of aromatic hydroxyl groups is 1. The minimum absolute atomic E-state index is 0.346. The third-order valence-electron chi connectivity index (χ3n) is 5.10. The Morgan fingerprint density at radius 2 is 1.96 bits per heavy atom. The highest BCUT2D eigenvalue weighted by molar-refractivity contribution is 5.84. The summed E-state index contributed by atoms with van der Waals surface area (Å²) >= 11 is 0. The van der Waals surface area contributed by atoms with Gasteiger partial charge in [-0.2, -0.15) is 0 Å². The lowest BCUT2D eigenvalue weighted by atomic mass is 9.99. The summed E-state index contributed by atoms with van der Waals surface area (Å²) in [5.74, 6) is 0.346. The number of fused-ring (bicyclic) bond motifs is 1. The first-order chi connectivity index (χ1) is 12.3. The second-order valence-corrected chi connectivity index (χ2v) is 6.79. The molecule has 1 aromatic heterocycles. The molecule has 0 saturated carbocycles. The minimum Gasteiger partial charge on any atom is -0.508 e. The summed E-state index contributed by atoms with van der Waals surface area (Å²) in [6, 6.07) is 16.5. The summed E-state index contributed by atoms with van der Waals surface area (Å²) in [6.07, 6.45) is 7.54. The molecule has 128 valence electrons. The van der Waals surface area contributed by atoms with Crippen molar-refractivity contribution in [3.05, 3.63) is 71.9 Å². The van der Waals surface area contributed by atoms with Crippen molar-refractivity contribution in [2.45, 2.75) is 19.3 Å². The highest BCUT2D eigenvalue weighted by atomic mass is 16.3. The summed E-state index contributed by atoms with van der Waals surface area (Å²) in [5, 5.41) is 11.1. The van der Waals surface area contributed by atoms with Gasteiger partial charge >= 0.3 is 0 Å². The van der Waals surface area contributed by atoms with Gasteiger partial charge in [-0.3, -0.25) is 4.90 Å². The molecular formula is C22H24N2O. The normalized spacial score (nSPS) is 15.4. The van der Waals surface area contributed by atoms with Gasteiger partial charge in [-0.15, -0.1) is 0 Å². The van der Waals surface area contributed by atoms with Crippen molar-refractivity contribution in [2.24, 2.45) is 0 Å². The Hall–Kier alpha value is -2.52. The van der Waals surface area contributed by atoms with Gasteiger partial charge in [0.05, 0.1) is 0 Å². The van der Waals surface area contributed by atoms with Crippen molar-refractivity contribution in [1.82, 2.24) is 9.88 Å². The average molecular weight is 332 g/mol. The summed E-state index contributed by atoms with van der Waals surface area (Å²) in [5.41, 5.74) is 5.08. The van der Waals surface area contributed by atoms with Crippen molar-refractivity contribution < 1.29 is 5.11 Å². The van der Waals surface area contributed by atoms with E-state index in [1.165, 1.54) is 22.1 Å². The summed E-state index contributed by atoms with van der Waals surface area (Å²) in [6.45, 7) is 3.25. The zero-order chi connectivity index (χ0) is 17.1. The topological polar surface area (TPSA) is 39.3 Å². The van der Waals surface area contributed by atoms with E-state index in [-0.39, 0.29) is 0 Å². The molecule has 0 saturated heterocycles. The molecule has 4 rings (SSSR count). The molecule has 2 N–H and O–H groups in total. The van der Waals surface area contributed by atoms with Crippen LogP contribution in [0.2, 0.25) is 0 Å². The van der Waals surface area contributed by atoms with Crippen LogP contribution >= 0.6 is 0 Å². The maximum Gasteiger partial charge on any atom is 0.117 e. The van der Waals surface area contributed by atoms with Gasteiger partial charge in [0.1, 0.15) is 5.75 Å². The lowest BCUT2D eigenvalue weighted by Crippen LogP contribution is -2.29. The van der Waals surface area contributed by atoms with Crippen molar-refractivity contribution in [3.63, 3.8) is 0 Å². The molecule has 25 heavy (non-hydrogen) atoms. The van der Waals surface area contributed by atoms with Gasteiger partial charge in [-0.1, -0.05) is 36.4 Å². The van der Waals surface area contributed by atoms with E-state index in [9.17, 15) is 5.11 Å². The van der Waals surface area contributed by atoms with Gasteiger partial charge in [0.25, 0.3) is 0 Å². The van der Waals surface area contributed by atoms with Crippen LogP contribution in [0.3, 0.4) is 0 Å². The zero-order valence-electron chi connectivity index (χ0n) is 14.4. The fraction of sp³-hybridized carbons (Fsp3) is 0.273. The van der Waals surface area contributed by atoms with Crippen molar-refractivity contribution in [3.8, 4) is 5.75 Å². The Morgan fingerprint density at radius 3 is 2.76 bits per heavy atom. The van der Waals surface area contributed by atoms with Crippen LogP contribution in [0.1, 0.15) is 24.0 Å². The molecule has 1 aliphatic rings. The number of aromatic amines is 1. The minimum atomic E-state index is 0.346. The first-order valence-corrected chi connectivity index (χ1v) is 9.05. The quantitative estimate of drug-likeness (QED) is 0.717. The van der Waals surface area contributed by atoms with Crippen LogP contribution in [0, 0.1) is 0 Å². The van der Waals surface area contributed by atoms with E-state index in [1.807, 2.05) is 12.3 Å². The first kappa shape index (κ1) is 16.0. The number of nitrogens with zero attached hydrogens (tertiary/aromatic N) is 1. The zero-order valence-corrected chi connectivity index (χ0v) is 14.4. The Morgan fingerprint density at radius 1 is 1.08 bits per heavy atom. The van der Waals surface area contributed by atoms with E-state index < -0.39 is 0 Å². The molecule has 2 aromatic carbocycles. The molecular weight excluding hydrogens is 308 g/mol. The van der Waals surface area contributed by atoms with Gasteiger partial charge in [-0.25, -0.2) is 0 Å². The average Bonchev–Trinajstić information content (AvgIpc) is 3.11. The second kappa shape index (κ2) is 7.16. The number of hydrogen-bond acceptors (Lipinski definition) is 2. The Balaban J connectivity index is 1.34. The monoisotopic (exact) mass is 332 g/mol. The van der Waals surface area contributed by atoms with Crippen molar-refractivity contribution in [1.29, 1.82) is 0 Å². The number of aromatic nitrogens is 1. The van der Waals surface area contributed by atoms with Gasteiger partial charge in [0.2, 0.25) is 0 Å². The molecule has 0 atom stereocenters. The number of benzene rings is 2. The molecule has 0 bridgehead atoms. The SMILES string of the molecule is Oc1cc(CCCN2CC=C(c3ccccc3)CC2)c2cc[nH]c2c1. The van der Waals surface area contributed by atoms with Crippen molar-refractivity contribution >= 4 is 16.5 Å². The molecule has 0 unspecified atom stereocenters. The Labute approximate surface area is 148 Å². The molecule has 3 nitrogen and oxygen atoms in total. The number of phenolic OH excluding ortho intramolecular Hbond substituents is 1. The molecule has 0 spiro atoms. The maximum atomic E-state index is 9.88. The molecule has 2 heterocycles. The van der Waals surface area contributed by atoms with Gasteiger partial charge < -0.3 is 10.1 Å². The van der Waals surface area contributed by atoms with E-state index in [4.69, 9.17) is 0 Å². The van der Waals surface area contributed by atoms with E-state index in [2.05, 4.69) is 52.4 Å². The lowest BCUT2D eigenvalue weighted by Gasteiger charge is -2.26. The molecule has 0 aliphatic carbocycles. The molecule has 0 amide bonds. The van der Waals surface area contributed by atoms with E-state index in [1.54, 1.807) is 6.07 Å². The molecule has 1 aliphatic heterocycles. The van der Waals surface area contributed by atoms with Crippen LogP contribution in [0.5, 0.6) is 5.75 Å². The van der Waals surface area contributed by atoms with Crippen LogP contribution in [-0.2, 0) is 6.42 Å². The van der Waals surface area contributed by atoms with Crippen LogP contribution in [0.25, 0.3) is 16.5 Å². The number of nitrogens with one attached hydrogen (secondary N) is 1. The summed E-state index contributed by atoms with van der Waals surface area (Å²) in [7, 11) is 0. The van der Waals surface area contributed by atoms with Gasteiger partial charge in [-0.05, 0) is 54.6 Å². The number of hydrogen-bond donors (Lipinski definition) is 2. The standard InChI is InChI=1S/C22H24N2O/c25-20-15-19(21-8-11-23-22(21)16-20)7-4-12-24-13-9-18(10-14-24)17-5-2-1-3-6-17/h1-3,5-6,8-9,11,15-16,23,25H,4,7,10,12-14H2. The number of phenols is 1. The Bertz CT molecular complexity index is 879. The highest BCUT2D eigenvalue weighted by Crippen LogP contribution is 2.25. The lowest BCUT2D eigenvalue weighted by molar-refractivity contribution is 0.298. The largest absolute Gasteiger partial charge is 0.508 e. The molecule has 3 heteroatoms. The predicted octanol–water partition coefficient (Wildman–Crippen LogP) is 4.60. The van der Waals surface area contributed by atoms with Gasteiger partial charge in [0.15, 0.2) is 0 Å². The number of H-pyrrole nitrogens is 1. The first-order valence-electron chi connectivity index (χ1n) is 9.05. The fourth-order valence-electron chi connectivity index (χ4n) is 3.76. The molecule has 0 radical (unpaired) electrons. The van der Waals surface area contributed by atoms with E-state index in [0.29, 0.717) is 5.75 Å². The predicted molar refractivity (Wildman–Crippen MR) is 104 cm³/mol. The smallest absolute Gasteiger partial charge is 0.117 e. The van der Waals surface area contributed by atoms with Crippen LogP contribution in [0.15, 0.2) is 60.8 Å². The van der Waals surface area contributed by atoms with Crippen LogP contribution in [0.4, 0.5) is 0 Å². The third kappa shape index (κ3) is 3.62. The van der Waals surface area contributed by atoms with E-state index >= 15 is 0 Å². The molecule has 0 fully saturated rings. The van der Waals surface area contributed by atoms with E-state index in [0.717, 1.165) is 44.4 Å². The number of aryl methyl sites for hydroxylation is 1. The highest BCUT2D eigenvalue weighted by Gasteiger charge is 2.13. The second-order valence-electron chi connectivity index (χ2n) is 6.79. The van der Waals surface area contributed by atoms with Gasteiger partial charge in [0, 0.05) is 36.3 Å². The summed E-state index contributed by atoms with van der Waals surface area (Å²) < 4.78 is 0. The van der Waals surface area contributed by atoms with Crippen molar-refractivity contribution in [2.75, 3.05) is 19.6 Å². The van der Waals surface area contributed by atoms with Crippen LogP contribution in [-0.4, -0.2) is 34.6 Å². The number of rotatable bonds is 5. The fourth-order valence-corrected chi connectivity index (χ4v) is 3.76. The van der Waals surface area contributed by atoms with Crippen LogP contribution < -0.4 is 0 Å².